The number of likely N-dealkylation sites (tertiary alicyclic amines) is 1. The van der Waals surface area contributed by atoms with Gasteiger partial charge in [-0.15, -0.1) is 0 Å². The highest BCUT2D eigenvalue weighted by Gasteiger charge is 2.42. The van der Waals surface area contributed by atoms with Crippen LogP contribution < -0.4 is 5.73 Å². The topological polar surface area (TPSA) is 83.6 Å². The Kier molecular flexibility index (Phi) is 4.13. The van der Waals surface area contributed by atoms with Crippen LogP contribution in [-0.4, -0.2) is 41.0 Å². The number of carbonyl (C=O) groups excluding carboxylic acids is 1. The number of carboxylic acid groups (broad SMARTS) is 1. The van der Waals surface area contributed by atoms with Crippen LogP contribution in [0.1, 0.15) is 45.4 Å². The maximum Gasteiger partial charge on any atom is 0.311 e. The van der Waals surface area contributed by atoms with Crippen LogP contribution in [0, 0.1) is 11.3 Å². The molecule has 2 atom stereocenters. The Bertz CT molecular complexity index is 368. The van der Waals surface area contributed by atoms with E-state index in [1.54, 1.807) is 4.90 Å². The van der Waals surface area contributed by atoms with E-state index in [9.17, 15) is 14.7 Å². The number of carbonyl (C=O) groups is 2. The SMILES string of the molecule is CCC1(C(=O)O)CCCN(C(=O)CC(N)C2CC2)C1. The van der Waals surface area contributed by atoms with Crippen LogP contribution >= 0.6 is 0 Å². The third-order valence-corrected chi connectivity index (χ3v) is 4.70. The summed E-state index contributed by atoms with van der Waals surface area (Å²) in [7, 11) is 0. The molecule has 3 N–H and O–H groups in total. The van der Waals surface area contributed by atoms with Crippen LogP contribution in [0.4, 0.5) is 0 Å². The van der Waals surface area contributed by atoms with Gasteiger partial charge in [0, 0.05) is 25.6 Å². The van der Waals surface area contributed by atoms with Crippen LogP contribution in [0.25, 0.3) is 0 Å². The zero-order valence-corrected chi connectivity index (χ0v) is 11.6. The average Bonchev–Trinajstić information content (AvgIpc) is 3.22. The Morgan fingerprint density at radius 1 is 1.47 bits per heavy atom. The molecular weight excluding hydrogens is 244 g/mol. The maximum absolute atomic E-state index is 12.2. The van der Waals surface area contributed by atoms with E-state index in [2.05, 4.69) is 0 Å². The third-order valence-electron chi connectivity index (χ3n) is 4.70. The van der Waals surface area contributed by atoms with Crippen LogP contribution in [0.3, 0.4) is 0 Å². The summed E-state index contributed by atoms with van der Waals surface area (Å²) in [6, 6.07) is -0.0460. The summed E-state index contributed by atoms with van der Waals surface area (Å²) < 4.78 is 0. The van der Waals surface area contributed by atoms with E-state index in [0.717, 1.165) is 19.3 Å². The molecule has 2 aliphatic rings. The fraction of sp³-hybridized carbons (Fsp3) is 0.857. The molecule has 0 aromatic carbocycles. The first-order chi connectivity index (χ1) is 8.98. The van der Waals surface area contributed by atoms with Gasteiger partial charge in [0.15, 0.2) is 0 Å². The number of amides is 1. The number of nitrogens with two attached hydrogens (primary N) is 1. The predicted octanol–water partition coefficient (Wildman–Crippen LogP) is 1.22. The molecule has 1 heterocycles. The van der Waals surface area contributed by atoms with Crippen LogP contribution in [0.15, 0.2) is 0 Å². The van der Waals surface area contributed by atoms with Gasteiger partial charge < -0.3 is 15.7 Å². The van der Waals surface area contributed by atoms with Gasteiger partial charge in [0.05, 0.1) is 5.41 Å². The average molecular weight is 268 g/mol. The molecule has 1 amide bonds. The van der Waals surface area contributed by atoms with E-state index in [1.165, 1.54) is 0 Å². The van der Waals surface area contributed by atoms with Gasteiger partial charge >= 0.3 is 5.97 Å². The third kappa shape index (κ3) is 3.08. The lowest BCUT2D eigenvalue weighted by Crippen LogP contribution is -2.50. The smallest absolute Gasteiger partial charge is 0.311 e. The quantitative estimate of drug-likeness (QED) is 0.785. The second-order valence-electron chi connectivity index (χ2n) is 6.06. The molecule has 0 spiro atoms. The van der Waals surface area contributed by atoms with Crippen molar-refractivity contribution in [2.24, 2.45) is 17.1 Å². The van der Waals surface area contributed by atoms with E-state index in [1.807, 2.05) is 6.92 Å². The minimum absolute atomic E-state index is 0.0261. The van der Waals surface area contributed by atoms with Gasteiger partial charge in [-0.05, 0) is 38.0 Å². The molecule has 19 heavy (non-hydrogen) atoms. The van der Waals surface area contributed by atoms with Crippen molar-refractivity contribution in [2.75, 3.05) is 13.1 Å². The first-order valence-electron chi connectivity index (χ1n) is 7.25. The minimum atomic E-state index is -0.779. The second kappa shape index (κ2) is 5.49. The predicted molar refractivity (Wildman–Crippen MR) is 71.5 cm³/mol. The summed E-state index contributed by atoms with van der Waals surface area (Å²) in [6.45, 7) is 2.90. The highest BCUT2D eigenvalue weighted by molar-refractivity contribution is 5.80. The van der Waals surface area contributed by atoms with Gasteiger partial charge in [-0.2, -0.15) is 0 Å². The molecule has 0 bridgehead atoms. The molecule has 5 heteroatoms. The van der Waals surface area contributed by atoms with Crippen molar-refractivity contribution < 1.29 is 14.7 Å². The van der Waals surface area contributed by atoms with Crippen molar-refractivity contribution >= 4 is 11.9 Å². The highest BCUT2D eigenvalue weighted by Crippen LogP contribution is 2.35. The molecular formula is C14H24N2O3. The fourth-order valence-corrected chi connectivity index (χ4v) is 2.98. The number of rotatable bonds is 5. The molecule has 0 aromatic rings. The van der Waals surface area contributed by atoms with Crippen LogP contribution in [0.2, 0.25) is 0 Å². The van der Waals surface area contributed by atoms with Gasteiger partial charge in [0.25, 0.3) is 0 Å². The van der Waals surface area contributed by atoms with Crippen molar-refractivity contribution in [1.29, 1.82) is 0 Å². The number of carboxylic acids is 1. The van der Waals surface area contributed by atoms with Crippen molar-refractivity contribution in [3.05, 3.63) is 0 Å². The van der Waals surface area contributed by atoms with E-state index < -0.39 is 11.4 Å². The van der Waals surface area contributed by atoms with Crippen LogP contribution in [0.5, 0.6) is 0 Å². The number of nitrogens with zero attached hydrogens (tertiary/aromatic N) is 1. The normalized spacial score (nSPS) is 29.1. The summed E-state index contributed by atoms with van der Waals surface area (Å²) in [4.78, 5) is 25.4. The van der Waals surface area contributed by atoms with E-state index in [0.29, 0.717) is 38.3 Å². The molecule has 2 rings (SSSR count). The molecule has 1 aliphatic carbocycles. The molecule has 2 fully saturated rings. The Hall–Kier alpha value is -1.10. The lowest BCUT2D eigenvalue weighted by molar-refractivity contribution is -0.155. The first-order valence-corrected chi connectivity index (χ1v) is 7.25. The van der Waals surface area contributed by atoms with Gasteiger partial charge in [0.2, 0.25) is 5.91 Å². The Balaban J connectivity index is 1.95. The van der Waals surface area contributed by atoms with Gasteiger partial charge in [-0.25, -0.2) is 0 Å². The molecule has 1 aliphatic heterocycles. The summed E-state index contributed by atoms with van der Waals surface area (Å²) in [6.07, 6.45) is 4.62. The Morgan fingerprint density at radius 2 is 2.16 bits per heavy atom. The number of aliphatic carboxylic acids is 1. The molecule has 2 unspecified atom stereocenters. The second-order valence-corrected chi connectivity index (χ2v) is 6.06. The van der Waals surface area contributed by atoms with Gasteiger partial charge in [-0.3, -0.25) is 9.59 Å². The largest absolute Gasteiger partial charge is 0.481 e. The van der Waals surface area contributed by atoms with Crippen molar-refractivity contribution in [1.82, 2.24) is 4.90 Å². The number of piperidine rings is 1. The van der Waals surface area contributed by atoms with E-state index in [4.69, 9.17) is 5.73 Å². The summed E-state index contributed by atoms with van der Waals surface area (Å²) in [5.41, 5.74) is 5.23. The Morgan fingerprint density at radius 3 is 2.68 bits per heavy atom. The van der Waals surface area contributed by atoms with Crippen molar-refractivity contribution in [3.63, 3.8) is 0 Å². The fourth-order valence-electron chi connectivity index (χ4n) is 2.98. The van der Waals surface area contributed by atoms with Crippen molar-refractivity contribution in [3.8, 4) is 0 Å². The van der Waals surface area contributed by atoms with Crippen molar-refractivity contribution in [2.45, 2.75) is 51.5 Å². The molecule has 108 valence electrons. The van der Waals surface area contributed by atoms with Gasteiger partial charge in [-0.1, -0.05) is 6.92 Å². The van der Waals surface area contributed by atoms with E-state index >= 15 is 0 Å². The standard InChI is InChI=1S/C14H24N2O3/c1-2-14(13(18)19)6-3-7-16(9-14)12(17)8-11(15)10-4-5-10/h10-11H,2-9,15H2,1H3,(H,18,19). The molecule has 1 saturated heterocycles. The number of hydrogen-bond acceptors (Lipinski definition) is 3. The number of hydrogen-bond donors (Lipinski definition) is 2. The molecule has 1 saturated carbocycles. The maximum atomic E-state index is 12.2. The molecule has 0 aromatic heterocycles. The lowest BCUT2D eigenvalue weighted by atomic mass is 9.77. The Labute approximate surface area is 114 Å². The van der Waals surface area contributed by atoms with E-state index in [-0.39, 0.29) is 11.9 Å². The molecule has 0 radical (unpaired) electrons. The lowest BCUT2D eigenvalue weighted by Gasteiger charge is -2.39. The first kappa shape index (κ1) is 14.3. The summed E-state index contributed by atoms with van der Waals surface area (Å²) >= 11 is 0. The summed E-state index contributed by atoms with van der Waals surface area (Å²) in [5, 5.41) is 9.41. The monoisotopic (exact) mass is 268 g/mol. The minimum Gasteiger partial charge on any atom is -0.481 e. The zero-order valence-electron chi connectivity index (χ0n) is 11.6. The summed E-state index contributed by atoms with van der Waals surface area (Å²) in [5.74, 6) is -0.249. The highest BCUT2D eigenvalue weighted by atomic mass is 16.4. The van der Waals surface area contributed by atoms with Crippen LogP contribution in [-0.2, 0) is 9.59 Å². The van der Waals surface area contributed by atoms with Gasteiger partial charge in [0.1, 0.15) is 0 Å². The zero-order chi connectivity index (χ0) is 14.0. The molecule has 5 nitrogen and oxygen atoms in total.